The fraction of sp³-hybridized carbons (Fsp3) is 0.615. The van der Waals surface area contributed by atoms with Crippen molar-refractivity contribution in [3.05, 3.63) is 29.6 Å². The summed E-state index contributed by atoms with van der Waals surface area (Å²) in [5, 5.41) is 12.5. The van der Waals surface area contributed by atoms with Crippen LogP contribution in [0.15, 0.2) is 18.2 Å². The van der Waals surface area contributed by atoms with E-state index in [1.165, 1.54) is 0 Å². The minimum absolute atomic E-state index is 0.254. The number of aromatic nitrogens is 1. The van der Waals surface area contributed by atoms with E-state index in [0.717, 1.165) is 44.0 Å². The van der Waals surface area contributed by atoms with Gasteiger partial charge in [0.15, 0.2) is 0 Å². The fourth-order valence-corrected chi connectivity index (χ4v) is 2.34. The van der Waals surface area contributed by atoms with Crippen LogP contribution in [0.25, 0.3) is 0 Å². The van der Waals surface area contributed by atoms with Gasteiger partial charge in [-0.3, -0.25) is 9.88 Å². The molecule has 4 heteroatoms. The summed E-state index contributed by atoms with van der Waals surface area (Å²) in [5.74, 6) is 0. The lowest BCUT2D eigenvalue weighted by Gasteiger charge is -2.35. The van der Waals surface area contributed by atoms with Gasteiger partial charge in [-0.2, -0.15) is 0 Å². The molecule has 1 saturated heterocycles. The molecule has 17 heavy (non-hydrogen) atoms. The molecule has 2 N–H and O–H groups in total. The van der Waals surface area contributed by atoms with E-state index < -0.39 is 0 Å². The highest BCUT2D eigenvalue weighted by atomic mass is 16.3. The minimum atomic E-state index is 0.254. The largest absolute Gasteiger partial charge is 0.396 e. The second-order valence-corrected chi connectivity index (χ2v) is 4.61. The Morgan fingerprint density at radius 1 is 1.53 bits per heavy atom. The Hall–Kier alpha value is -0.970. The van der Waals surface area contributed by atoms with Crippen molar-refractivity contribution in [3.63, 3.8) is 0 Å². The number of aryl methyl sites for hydroxylation is 1. The lowest BCUT2D eigenvalue weighted by atomic mass is 10.1. The first-order chi connectivity index (χ1) is 8.29. The van der Waals surface area contributed by atoms with Crippen LogP contribution >= 0.6 is 0 Å². The molecule has 0 saturated carbocycles. The first-order valence-corrected chi connectivity index (χ1v) is 6.28. The number of pyridine rings is 1. The Balaban J connectivity index is 2.00. The smallest absolute Gasteiger partial charge is 0.0547 e. The van der Waals surface area contributed by atoms with Gasteiger partial charge in [0, 0.05) is 44.5 Å². The van der Waals surface area contributed by atoms with E-state index in [4.69, 9.17) is 5.11 Å². The molecule has 1 aromatic heterocycles. The summed E-state index contributed by atoms with van der Waals surface area (Å²) in [4.78, 5) is 6.95. The molecule has 1 unspecified atom stereocenters. The second kappa shape index (κ2) is 6.10. The predicted octanol–water partition coefficient (Wildman–Crippen LogP) is 0.546. The zero-order chi connectivity index (χ0) is 12.1. The molecular formula is C13H21N3O. The summed E-state index contributed by atoms with van der Waals surface area (Å²) in [5.41, 5.74) is 2.19. The Labute approximate surface area is 103 Å². The highest BCUT2D eigenvalue weighted by molar-refractivity contribution is 5.10. The molecule has 1 aliphatic rings. The minimum Gasteiger partial charge on any atom is -0.396 e. The van der Waals surface area contributed by atoms with Gasteiger partial charge < -0.3 is 10.4 Å². The van der Waals surface area contributed by atoms with Crippen molar-refractivity contribution in [2.24, 2.45) is 0 Å². The number of hydrogen-bond acceptors (Lipinski definition) is 4. The van der Waals surface area contributed by atoms with Crippen molar-refractivity contribution in [2.75, 3.05) is 26.2 Å². The Morgan fingerprint density at radius 3 is 3.18 bits per heavy atom. The summed E-state index contributed by atoms with van der Waals surface area (Å²) in [6, 6.07) is 6.58. The summed E-state index contributed by atoms with van der Waals surface area (Å²) in [6.45, 7) is 6.17. The molecule has 0 aromatic carbocycles. The lowest BCUT2D eigenvalue weighted by Crippen LogP contribution is -2.51. The fourth-order valence-electron chi connectivity index (χ4n) is 2.34. The van der Waals surface area contributed by atoms with Gasteiger partial charge >= 0.3 is 0 Å². The van der Waals surface area contributed by atoms with Crippen molar-refractivity contribution >= 4 is 0 Å². The Kier molecular flexibility index (Phi) is 4.48. The van der Waals surface area contributed by atoms with E-state index in [1.54, 1.807) is 0 Å². The van der Waals surface area contributed by atoms with Gasteiger partial charge in [-0.15, -0.1) is 0 Å². The zero-order valence-electron chi connectivity index (χ0n) is 10.4. The molecule has 2 heterocycles. The van der Waals surface area contributed by atoms with Gasteiger partial charge in [-0.25, -0.2) is 0 Å². The van der Waals surface area contributed by atoms with Gasteiger partial charge in [0.1, 0.15) is 0 Å². The molecule has 0 radical (unpaired) electrons. The SMILES string of the molecule is Cc1cccc(CN2CCNCC2CCO)n1. The number of hydrogen-bond donors (Lipinski definition) is 2. The average molecular weight is 235 g/mol. The summed E-state index contributed by atoms with van der Waals surface area (Å²) < 4.78 is 0. The van der Waals surface area contributed by atoms with Gasteiger partial charge in [0.25, 0.3) is 0 Å². The molecule has 94 valence electrons. The predicted molar refractivity (Wildman–Crippen MR) is 67.7 cm³/mol. The van der Waals surface area contributed by atoms with Crippen molar-refractivity contribution in [3.8, 4) is 0 Å². The number of nitrogens with zero attached hydrogens (tertiary/aromatic N) is 2. The topological polar surface area (TPSA) is 48.4 Å². The lowest BCUT2D eigenvalue weighted by molar-refractivity contribution is 0.122. The highest BCUT2D eigenvalue weighted by Crippen LogP contribution is 2.11. The first kappa shape index (κ1) is 12.5. The molecule has 0 aliphatic carbocycles. The van der Waals surface area contributed by atoms with Crippen LogP contribution in [-0.4, -0.2) is 47.3 Å². The molecular weight excluding hydrogens is 214 g/mol. The molecule has 1 atom stereocenters. The maximum atomic E-state index is 9.08. The molecule has 1 aromatic rings. The van der Waals surface area contributed by atoms with Crippen LogP contribution in [0.1, 0.15) is 17.8 Å². The molecule has 1 fully saturated rings. The third kappa shape index (κ3) is 3.49. The Morgan fingerprint density at radius 2 is 2.41 bits per heavy atom. The van der Waals surface area contributed by atoms with E-state index in [1.807, 2.05) is 13.0 Å². The standard InChI is InChI=1S/C13H21N3O/c1-11-3-2-4-12(15-11)10-16-7-6-14-9-13(16)5-8-17/h2-4,13-14,17H,5-10H2,1H3. The maximum Gasteiger partial charge on any atom is 0.0547 e. The zero-order valence-corrected chi connectivity index (χ0v) is 10.4. The molecule has 0 amide bonds. The number of nitrogens with one attached hydrogen (secondary N) is 1. The van der Waals surface area contributed by atoms with Gasteiger partial charge in [-0.1, -0.05) is 6.07 Å². The van der Waals surface area contributed by atoms with Crippen LogP contribution in [0.5, 0.6) is 0 Å². The third-order valence-corrected chi connectivity index (χ3v) is 3.25. The van der Waals surface area contributed by atoms with Gasteiger partial charge in [-0.05, 0) is 25.5 Å². The second-order valence-electron chi connectivity index (χ2n) is 4.61. The normalized spacial score (nSPS) is 21.6. The molecule has 4 nitrogen and oxygen atoms in total. The Bertz CT molecular complexity index is 354. The van der Waals surface area contributed by atoms with Crippen LogP contribution in [-0.2, 0) is 6.54 Å². The van der Waals surface area contributed by atoms with Crippen molar-refractivity contribution in [2.45, 2.75) is 25.9 Å². The monoisotopic (exact) mass is 235 g/mol. The third-order valence-electron chi connectivity index (χ3n) is 3.25. The van der Waals surface area contributed by atoms with Crippen molar-refractivity contribution in [1.82, 2.24) is 15.2 Å². The molecule has 2 rings (SSSR count). The van der Waals surface area contributed by atoms with E-state index in [0.29, 0.717) is 6.04 Å². The molecule has 1 aliphatic heterocycles. The number of rotatable bonds is 4. The van der Waals surface area contributed by atoms with Gasteiger partial charge in [0.2, 0.25) is 0 Å². The molecule has 0 spiro atoms. The first-order valence-electron chi connectivity index (χ1n) is 6.28. The number of aliphatic hydroxyl groups is 1. The van der Waals surface area contributed by atoms with Crippen LogP contribution < -0.4 is 5.32 Å². The average Bonchev–Trinajstić information content (AvgIpc) is 2.32. The molecule has 0 bridgehead atoms. The van der Waals surface area contributed by atoms with Crippen LogP contribution in [0, 0.1) is 6.92 Å². The van der Waals surface area contributed by atoms with E-state index >= 15 is 0 Å². The maximum absolute atomic E-state index is 9.08. The van der Waals surface area contributed by atoms with Crippen LogP contribution in [0.4, 0.5) is 0 Å². The number of piperazine rings is 1. The quantitative estimate of drug-likeness (QED) is 0.800. The highest BCUT2D eigenvalue weighted by Gasteiger charge is 2.21. The van der Waals surface area contributed by atoms with E-state index in [-0.39, 0.29) is 6.61 Å². The van der Waals surface area contributed by atoms with Crippen LogP contribution in [0.2, 0.25) is 0 Å². The number of aliphatic hydroxyl groups excluding tert-OH is 1. The van der Waals surface area contributed by atoms with E-state index in [2.05, 4.69) is 27.3 Å². The summed E-state index contributed by atoms with van der Waals surface area (Å²) in [6.07, 6.45) is 0.832. The van der Waals surface area contributed by atoms with Crippen molar-refractivity contribution < 1.29 is 5.11 Å². The summed E-state index contributed by atoms with van der Waals surface area (Å²) >= 11 is 0. The summed E-state index contributed by atoms with van der Waals surface area (Å²) in [7, 11) is 0. The van der Waals surface area contributed by atoms with Crippen molar-refractivity contribution in [1.29, 1.82) is 0 Å². The van der Waals surface area contributed by atoms with Crippen LogP contribution in [0.3, 0.4) is 0 Å². The van der Waals surface area contributed by atoms with E-state index in [9.17, 15) is 0 Å². The van der Waals surface area contributed by atoms with Gasteiger partial charge in [0.05, 0.1) is 5.69 Å².